The van der Waals surface area contributed by atoms with Gasteiger partial charge in [-0.3, -0.25) is 0 Å². The molecule has 0 amide bonds. The van der Waals surface area contributed by atoms with Gasteiger partial charge in [-0.2, -0.15) is 0 Å². The fourth-order valence-corrected chi connectivity index (χ4v) is 1.49. The van der Waals surface area contributed by atoms with Crippen LogP contribution in [0, 0.1) is 0 Å². The molecule has 2 aliphatic heterocycles. The van der Waals surface area contributed by atoms with E-state index in [0.717, 1.165) is 0 Å². The van der Waals surface area contributed by atoms with Gasteiger partial charge in [-0.1, -0.05) is 0 Å². The van der Waals surface area contributed by atoms with Crippen LogP contribution in [0.5, 0.6) is 0 Å². The molecule has 0 aliphatic carbocycles. The van der Waals surface area contributed by atoms with Crippen molar-refractivity contribution in [3.05, 3.63) is 23.7 Å². The van der Waals surface area contributed by atoms with E-state index in [1.807, 2.05) is 6.21 Å². The Hall–Kier alpha value is -1.25. The Labute approximate surface area is 72.7 Å². The van der Waals surface area contributed by atoms with Gasteiger partial charge in [0.15, 0.2) is 0 Å². The van der Waals surface area contributed by atoms with Crippen LogP contribution in [0.15, 0.2) is 28.7 Å². The van der Waals surface area contributed by atoms with Gasteiger partial charge in [-0.05, 0) is 19.4 Å². The highest BCUT2D eigenvalue weighted by atomic mass is 15.5. The summed E-state index contributed by atoms with van der Waals surface area (Å²) in [5.74, 6) is 0. The molecule has 3 nitrogen and oxygen atoms in total. The molecule has 0 fully saturated rings. The van der Waals surface area contributed by atoms with Crippen LogP contribution >= 0.6 is 0 Å². The van der Waals surface area contributed by atoms with Crippen LogP contribution in [0.3, 0.4) is 0 Å². The van der Waals surface area contributed by atoms with E-state index < -0.39 is 0 Å². The summed E-state index contributed by atoms with van der Waals surface area (Å²) in [5, 5.41) is 0. The minimum atomic E-state index is 0.161. The quantitative estimate of drug-likeness (QED) is 0.537. The van der Waals surface area contributed by atoms with Crippen molar-refractivity contribution in [2.75, 3.05) is 7.05 Å². The second-order valence-electron chi connectivity index (χ2n) is 3.33. The second-order valence-corrected chi connectivity index (χ2v) is 3.33. The first-order chi connectivity index (χ1) is 5.68. The number of rotatable bonds is 0. The summed E-state index contributed by atoms with van der Waals surface area (Å²) < 4.78 is 0. The van der Waals surface area contributed by atoms with E-state index in [1.54, 1.807) is 0 Å². The van der Waals surface area contributed by atoms with Gasteiger partial charge >= 0.3 is 0 Å². The lowest BCUT2D eigenvalue weighted by Crippen LogP contribution is -2.34. The number of aliphatic imine (C=N–C) groups is 1. The van der Waals surface area contributed by atoms with Crippen LogP contribution in [0.4, 0.5) is 0 Å². The Bertz CT molecular complexity index is 288. The molecule has 0 aromatic rings. The van der Waals surface area contributed by atoms with Crippen LogP contribution < -0.4 is 0 Å². The lowest BCUT2D eigenvalue weighted by Gasteiger charge is -2.27. The summed E-state index contributed by atoms with van der Waals surface area (Å²) in [5.41, 5.74) is 2.45. The molecule has 0 bridgehead atoms. The Morgan fingerprint density at radius 1 is 1.33 bits per heavy atom. The van der Waals surface area contributed by atoms with Crippen molar-refractivity contribution in [1.29, 1.82) is 0 Å². The van der Waals surface area contributed by atoms with E-state index in [-0.39, 0.29) is 6.29 Å². The average molecular weight is 163 g/mol. The fraction of sp³-hybridized carbons (Fsp3) is 0.444. The van der Waals surface area contributed by atoms with Gasteiger partial charge in [0.25, 0.3) is 0 Å². The molecule has 0 aromatic heterocycles. The molecule has 0 spiro atoms. The summed E-state index contributed by atoms with van der Waals surface area (Å²) in [7, 11) is 2.06. The van der Waals surface area contributed by atoms with Crippen molar-refractivity contribution in [3.8, 4) is 0 Å². The first-order valence-corrected chi connectivity index (χ1v) is 4.09. The first-order valence-electron chi connectivity index (χ1n) is 4.09. The number of fused-ring (bicyclic) bond motifs is 1. The SMILES string of the molecule is CC1=CN2C=C(C)N(C)C2N=C1. The Morgan fingerprint density at radius 3 is 2.83 bits per heavy atom. The number of hydrogen-bond acceptors (Lipinski definition) is 3. The number of nitrogens with zero attached hydrogens (tertiary/aromatic N) is 3. The van der Waals surface area contributed by atoms with Gasteiger partial charge < -0.3 is 9.80 Å². The molecule has 12 heavy (non-hydrogen) atoms. The highest BCUT2D eigenvalue weighted by Crippen LogP contribution is 2.24. The van der Waals surface area contributed by atoms with E-state index in [4.69, 9.17) is 0 Å². The van der Waals surface area contributed by atoms with Crippen molar-refractivity contribution >= 4 is 6.21 Å². The molecule has 0 aromatic carbocycles. The third-order valence-electron chi connectivity index (χ3n) is 2.27. The molecule has 0 radical (unpaired) electrons. The van der Waals surface area contributed by atoms with Crippen molar-refractivity contribution in [2.24, 2.45) is 4.99 Å². The van der Waals surface area contributed by atoms with E-state index in [0.29, 0.717) is 0 Å². The average Bonchev–Trinajstić information content (AvgIpc) is 2.28. The topological polar surface area (TPSA) is 18.8 Å². The van der Waals surface area contributed by atoms with E-state index >= 15 is 0 Å². The van der Waals surface area contributed by atoms with Crippen molar-refractivity contribution in [3.63, 3.8) is 0 Å². The summed E-state index contributed by atoms with van der Waals surface area (Å²) in [6.45, 7) is 4.15. The third-order valence-corrected chi connectivity index (χ3v) is 2.27. The van der Waals surface area contributed by atoms with Crippen molar-refractivity contribution in [2.45, 2.75) is 20.1 Å². The van der Waals surface area contributed by atoms with Crippen LogP contribution in [0.1, 0.15) is 13.8 Å². The molecule has 1 unspecified atom stereocenters. The Balaban J connectivity index is 2.31. The van der Waals surface area contributed by atoms with Gasteiger partial charge in [-0.25, -0.2) is 4.99 Å². The summed E-state index contributed by atoms with van der Waals surface area (Å²) in [6, 6.07) is 0. The molecule has 0 saturated heterocycles. The minimum absolute atomic E-state index is 0.161. The molecule has 0 N–H and O–H groups in total. The molecule has 2 heterocycles. The smallest absolute Gasteiger partial charge is 0.202 e. The highest BCUT2D eigenvalue weighted by molar-refractivity contribution is 5.78. The van der Waals surface area contributed by atoms with Crippen molar-refractivity contribution < 1.29 is 0 Å². The monoisotopic (exact) mass is 163 g/mol. The molecule has 2 aliphatic rings. The van der Waals surface area contributed by atoms with E-state index in [2.05, 4.69) is 48.1 Å². The lowest BCUT2D eigenvalue weighted by molar-refractivity contribution is 0.222. The van der Waals surface area contributed by atoms with Gasteiger partial charge in [0.05, 0.1) is 0 Å². The first kappa shape index (κ1) is 7.40. The molecule has 2 rings (SSSR count). The van der Waals surface area contributed by atoms with Crippen LogP contribution in [0.2, 0.25) is 0 Å². The van der Waals surface area contributed by atoms with E-state index in [1.165, 1.54) is 11.3 Å². The van der Waals surface area contributed by atoms with Gasteiger partial charge in [-0.15, -0.1) is 0 Å². The molecular weight excluding hydrogens is 150 g/mol. The zero-order valence-corrected chi connectivity index (χ0v) is 7.65. The Kier molecular flexibility index (Phi) is 1.46. The Morgan fingerprint density at radius 2 is 2.08 bits per heavy atom. The number of allylic oxidation sites excluding steroid dienone is 2. The predicted molar refractivity (Wildman–Crippen MR) is 49.4 cm³/mol. The molecular formula is C9H13N3. The zero-order valence-electron chi connectivity index (χ0n) is 7.65. The highest BCUT2D eigenvalue weighted by Gasteiger charge is 2.26. The van der Waals surface area contributed by atoms with Crippen molar-refractivity contribution in [1.82, 2.24) is 9.80 Å². The molecule has 64 valence electrons. The van der Waals surface area contributed by atoms with Gasteiger partial charge in [0.2, 0.25) is 6.29 Å². The van der Waals surface area contributed by atoms with Gasteiger partial charge in [0, 0.05) is 31.4 Å². The van der Waals surface area contributed by atoms with Crippen LogP contribution in [-0.2, 0) is 0 Å². The van der Waals surface area contributed by atoms with Crippen LogP contribution in [-0.4, -0.2) is 29.4 Å². The standard InChI is InChI=1S/C9H13N3/c1-7-4-10-9-11(3)8(2)6-12(9)5-7/h4-6,9H,1-3H3. The molecule has 1 atom stereocenters. The minimum Gasteiger partial charge on any atom is -0.338 e. The predicted octanol–water partition coefficient (Wildman–Crippen LogP) is 1.37. The second kappa shape index (κ2) is 2.37. The van der Waals surface area contributed by atoms with Crippen LogP contribution in [0.25, 0.3) is 0 Å². The summed E-state index contributed by atoms with van der Waals surface area (Å²) in [6.07, 6.45) is 6.31. The largest absolute Gasteiger partial charge is 0.338 e. The van der Waals surface area contributed by atoms with Gasteiger partial charge in [0.1, 0.15) is 0 Å². The molecule has 0 saturated carbocycles. The maximum atomic E-state index is 4.41. The summed E-state index contributed by atoms with van der Waals surface area (Å²) >= 11 is 0. The van der Waals surface area contributed by atoms with E-state index in [9.17, 15) is 0 Å². The fourth-order valence-electron chi connectivity index (χ4n) is 1.49. The zero-order chi connectivity index (χ0) is 8.72. The number of hydrogen-bond donors (Lipinski definition) is 0. The third kappa shape index (κ3) is 0.932. The summed E-state index contributed by atoms with van der Waals surface area (Å²) in [4.78, 5) is 8.69. The maximum Gasteiger partial charge on any atom is 0.202 e. The normalized spacial score (nSPS) is 27.1. The molecule has 3 heteroatoms. The maximum absolute atomic E-state index is 4.41. The lowest BCUT2D eigenvalue weighted by atomic mass is 10.3.